The average molecular weight is 287 g/mol. The summed E-state index contributed by atoms with van der Waals surface area (Å²) in [5.41, 5.74) is 0. The monoisotopic (exact) mass is 287 g/mol. The molecular formula is C8H18INO2. The molecule has 0 aliphatic rings. The zero-order chi connectivity index (χ0) is 9.23. The van der Waals surface area contributed by atoms with Crippen LogP contribution in [0.2, 0.25) is 0 Å². The van der Waals surface area contributed by atoms with Gasteiger partial charge in [-0.05, 0) is 13.1 Å². The van der Waals surface area contributed by atoms with Crippen LogP contribution < -0.4 is 0 Å². The largest absolute Gasteiger partial charge is 0.378 e. The van der Waals surface area contributed by atoms with E-state index in [0.29, 0.717) is 13.2 Å². The van der Waals surface area contributed by atoms with Crippen molar-refractivity contribution >= 4 is 23.0 Å². The Morgan fingerprint density at radius 1 is 1.08 bits per heavy atom. The number of rotatable bonds is 8. The summed E-state index contributed by atoms with van der Waals surface area (Å²) in [6.07, 6.45) is 0. The van der Waals surface area contributed by atoms with Crippen LogP contribution in [0.1, 0.15) is 13.8 Å². The zero-order valence-electron chi connectivity index (χ0n) is 7.88. The molecule has 0 saturated carbocycles. The van der Waals surface area contributed by atoms with Crippen molar-refractivity contribution in [3.8, 4) is 0 Å². The maximum Gasteiger partial charge on any atom is 0.109 e. The van der Waals surface area contributed by atoms with Gasteiger partial charge in [0.1, 0.15) is 23.0 Å². The molecule has 0 N–H and O–H groups in total. The van der Waals surface area contributed by atoms with Crippen molar-refractivity contribution in [2.45, 2.75) is 13.8 Å². The summed E-state index contributed by atoms with van der Waals surface area (Å²) in [6, 6.07) is 0. The van der Waals surface area contributed by atoms with Crippen molar-refractivity contribution in [3.63, 3.8) is 0 Å². The first-order valence-corrected chi connectivity index (χ1v) is 5.26. The normalized spacial score (nSPS) is 11.0. The molecule has 0 aliphatic carbocycles. The summed E-state index contributed by atoms with van der Waals surface area (Å²) in [5, 5.41) is 0. The molecule has 74 valence electrons. The zero-order valence-corrected chi connectivity index (χ0v) is 10.0. The summed E-state index contributed by atoms with van der Waals surface area (Å²) in [6.45, 7) is 9.74. The van der Waals surface area contributed by atoms with E-state index in [-0.39, 0.29) is 0 Å². The third kappa shape index (κ3) is 7.27. The maximum atomic E-state index is 5.34. The number of nitrogens with zero attached hydrogens (tertiary/aromatic N) is 1. The molecule has 4 heteroatoms. The summed E-state index contributed by atoms with van der Waals surface area (Å²) >= 11 is 1.88. The van der Waals surface area contributed by atoms with E-state index >= 15 is 0 Å². The van der Waals surface area contributed by atoms with Gasteiger partial charge in [0.25, 0.3) is 0 Å². The fourth-order valence-corrected chi connectivity index (χ4v) is 1.11. The van der Waals surface area contributed by atoms with Gasteiger partial charge >= 0.3 is 0 Å². The van der Waals surface area contributed by atoms with Crippen LogP contribution in [-0.4, -0.2) is 44.4 Å². The minimum atomic E-state index is 0.679. The lowest BCUT2D eigenvalue weighted by Crippen LogP contribution is -2.27. The maximum absolute atomic E-state index is 5.34. The molecule has 12 heavy (non-hydrogen) atoms. The minimum absolute atomic E-state index is 0.679. The van der Waals surface area contributed by atoms with Gasteiger partial charge in [0.05, 0.1) is 19.8 Å². The lowest BCUT2D eigenvalue weighted by Gasteiger charge is -2.17. The molecule has 0 aliphatic heterocycles. The van der Waals surface area contributed by atoms with E-state index in [2.05, 4.69) is 18.7 Å². The predicted octanol–water partition coefficient (Wildman–Crippen LogP) is 1.71. The molecule has 0 fully saturated rings. The third-order valence-corrected chi connectivity index (χ3v) is 2.19. The fourth-order valence-electron chi connectivity index (χ4n) is 0.926. The highest BCUT2D eigenvalue weighted by molar-refractivity contribution is 14.1. The molecule has 0 bridgehead atoms. The predicted molar refractivity (Wildman–Crippen MR) is 58.6 cm³/mol. The Hall–Kier alpha value is 0.610. The van der Waals surface area contributed by atoms with E-state index in [1.54, 1.807) is 0 Å². The van der Waals surface area contributed by atoms with Crippen LogP contribution in [0, 0.1) is 0 Å². The molecule has 0 aromatic heterocycles. The van der Waals surface area contributed by atoms with E-state index in [0.717, 1.165) is 26.2 Å². The fraction of sp³-hybridized carbons (Fsp3) is 1.00. The van der Waals surface area contributed by atoms with Crippen molar-refractivity contribution in [2.75, 3.05) is 39.5 Å². The van der Waals surface area contributed by atoms with Crippen LogP contribution in [0.15, 0.2) is 0 Å². The Morgan fingerprint density at radius 2 is 1.75 bits per heavy atom. The van der Waals surface area contributed by atoms with Gasteiger partial charge in [0, 0.05) is 6.54 Å². The molecule has 0 saturated heterocycles. The first-order chi connectivity index (χ1) is 5.85. The van der Waals surface area contributed by atoms with Crippen molar-refractivity contribution in [3.05, 3.63) is 0 Å². The van der Waals surface area contributed by atoms with Gasteiger partial charge in [0.15, 0.2) is 0 Å². The highest BCUT2D eigenvalue weighted by Gasteiger charge is 1.97. The molecule has 0 spiro atoms. The van der Waals surface area contributed by atoms with Crippen LogP contribution in [0.25, 0.3) is 0 Å². The molecule has 0 aromatic rings. The third-order valence-electron chi connectivity index (χ3n) is 1.75. The second kappa shape index (κ2) is 9.70. The molecule has 0 amide bonds. The quantitative estimate of drug-likeness (QED) is 0.501. The number of ether oxygens (including phenoxy) is 1. The van der Waals surface area contributed by atoms with Crippen LogP contribution in [0.5, 0.6) is 0 Å². The highest BCUT2D eigenvalue weighted by Crippen LogP contribution is 1.88. The van der Waals surface area contributed by atoms with Crippen molar-refractivity contribution in [1.82, 2.24) is 4.90 Å². The molecule has 0 radical (unpaired) electrons. The molecule has 0 unspecified atom stereocenters. The van der Waals surface area contributed by atoms with Gasteiger partial charge < -0.3 is 12.7 Å². The Labute approximate surface area is 89.1 Å². The second-order valence-corrected chi connectivity index (χ2v) is 3.08. The molecule has 0 heterocycles. The highest BCUT2D eigenvalue weighted by atomic mass is 127. The van der Waals surface area contributed by atoms with E-state index in [9.17, 15) is 0 Å². The van der Waals surface area contributed by atoms with Crippen molar-refractivity contribution in [2.24, 2.45) is 0 Å². The Morgan fingerprint density at radius 3 is 2.25 bits per heavy atom. The minimum Gasteiger partial charge on any atom is -0.378 e. The number of likely N-dealkylation sites (N-methyl/N-ethyl adjacent to an activating group) is 1. The van der Waals surface area contributed by atoms with E-state index in [1.165, 1.54) is 0 Å². The molecular weight excluding hydrogens is 269 g/mol. The summed E-state index contributed by atoms with van der Waals surface area (Å²) in [4.78, 5) is 2.34. The Balaban J connectivity index is 3.06. The first kappa shape index (κ1) is 12.6. The van der Waals surface area contributed by atoms with Crippen molar-refractivity contribution in [1.29, 1.82) is 0 Å². The van der Waals surface area contributed by atoms with Gasteiger partial charge in [-0.15, -0.1) is 0 Å². The first-order valence-electron chi connectivity index (χ1n) is 4.38. The average Bonchev–Trinajstić information content (AvgIpc) is 2.11. The van der Waals surface area contributed by atoms with Crippen LogP contribution in [0.3, 0.4) is 0 Å². The van der Waals surface area contributed by atoms with Crippen LogP contribution in [0.4, 0.5) is 0 Å². The smallest absolute Gasteiger partial charge is 0.109 e. The summed E-state index contributed by atoms with van der Waals surface area (Å²) in [5.74, 6) is 0. The molecule has 0 aromatic carbocycles. The SMILES string of the molecule is CCN(CC)CCOCCOI. The second-order valence-electron chi connectivity index (χ2n) is 2.45. The van der Waals surface area contributed by atoms with Gasteiger partial charge in [-0.3, -0.25) is 0 Å². The van der Waals surface area contributed by atoms with Gasteiger partial charge in [-0.25, -0.2) is 0 Å². The van der Waals surface area contributed by atoms with Gasteiger partial charge in [-0.2, -0.15) is 0 Å². The molecule has 0 atom stereocenters. The number of hydrogen-bond donors (Lipinski definition) is 0. The van der Waals surface area contributed by atoms with Crippen LogP contribution in [-0.2, 0) is 7.80 Å². The lowest BCUT2D eigenvalue weighted by molar-refractivity contribution is 0.0914. The lowest BCUT2D eigenvalue weighted by atomic mass is 10.5. The Kier molecular flexibility index (Phi) is 10.2. The van der Waals surface area contributed by atoms with Gasteiger partial charge in [-0.1, -0.05) is 13.8 Å². The number of halogens is 1. The van der Waals surface area contributed by atoms with E-state index in [1.807, 2.05) is 23.0 Å². The van der Waals surface area contributed by atoms with E-state index in [4.69, 9.17) is 7.80 Å². The molecule has 0 rings (SSSR count). The standard InChI is InChI=1S/C8H18INO2/c1-3-10(4-2)5-6-11-7-8-12-9/h3-8H2,1-2H3. The summed E-state index contributed by atoms with van der Waals surface area (Å²) < 4.78 is 10.2. The molecule has 3 nitrogen and oxygen atoms in total. The summed E-state index contributed by atoms with van der Waals surface area (Å²) in [7, 11) is 0. The number of hydrogen-bond acceptors (Lipinski definition) is 3. The van der Waals surface area contributed by atoms with E-state index < -0.39 is 0 Å². The topological polar surface area (TPSA) is 21.7 Å². The van der Waals surface area contributed by atoms with Gasteiger partial charge in [0.2, 0.25) is 0 Å². The van der Waals surface area contributed by atoms with Crippen molar-refractivity contribution < 1.29 is 7.80 Å². The van der Waals surface area contributed by atoms with Crippen LogP contribution >= 0.6 is 23.0 Å². The Bertz CT molecular complexity index is 89.1.